The molecule has 0 aromatic heterocycles. The first-order valence-corrected chi connectivity index (χ1v) is 4.43. The van der Waals surface area contributed by atoms with Gasteiger partial charge in [0, 0.05) is 19.2 Å². The van der Waals surface area contributed by atoms with Gasteiger partial charge in [0.2, 0.25) is 0 Å². The van der Waals surface area contributed by atoms with Crippen molar-refractivity contribution >= 4 is 0 Å². The number of nitrogens with zero attached hydrogens (tertiary/aromatic N) is 1. The van der Waals surface area contributed by atoms with Gasteiger partial charge in [0.25, 0.3) is 0 Å². The molecule has 0 saturated carbocycles. The van der Waals surface area contributed by atoms with Gasteiger partial charge in [-0.2, -0.15) is 0 Å². The van der Waals surface area contributed by atoms with Gasteiger partial charge >= 0.3 is 0 Å². The average Bonchev–Trinajstić information content (AvgIpc) is 2.03. The van der Waals surface area contributed by atoms with E-state index in [0.717, 1.165) is 19.8 Å². The molecule has 3 nitrogen and oxygen atoms in total. The Morgan fingerprint density at radius 1 is 1.55 bits per heavy atom. The van der Waals surface area contributed by atoms with E-state index in [-0.39, 0.29) is 0 Å². The Labute approximate surface area is 68.5 Å². The van der Waals surface area contributed by atoms with Crippen LogP contribution >= 0.6 is 0 Å². The lowest BCUT2D eigenvalue weighted by Crippen LogP contribution is -2.46. The van der Waals surface area contributed by atoms with Crippen molar-refractivity contribution in [3.8, 4) is 0 Å². The summed E-state index contributed by atoms with van der Waals surface area (Å²) in [5.74, 6) is 5.77. The Hall–Kier alpha value is -0.120. The standard InChI is InChI=1S/C8H18N2O/c1-2-11-7-8-5-3-4-6-10(8)9/h8H,2-7,9H2,1H3/t8-/m1/s1. The fourth-order valence-corrected chi connectivity index (χ4v) is 1.46. The summed E-state index contributed by atoms with van der Waals surface area (Å²) in [6.45, 7) is 4.64. The largest absolute Gasteiger partial charge is 0.380 e. The van der Waals surface area contributed by atoms with Gasteiger partial charge in [-0.3, -0.25) is 5.84 Å². The van der Waals surface area contributed by atoms with Crippen LogP contribution < -0.4 is 5.84 Å². The fourth-order valence-electron chi connectivity index (χ4n) is 1.46. The molecule has 0 amide bonds. The van der Waals surface area contributed by atoms with Gasteiger partial charge < -0.3 is 4.74 Å². The van der Waals surface area contributed by atoms with Gasteiger partial charge in [-0.1, -0.05) is 6.42 Å². The second kappa shape index (κ2) is 4.70. The van der Waals surface area contributed by atoms with Crippen molar-refractivity contribution in [3.63, 3.8) is 0 Å². The number of hydrogen-bond acceptors (Lipinski definition) is 3. The summed E-state index contributed by atoms with van der Waals surface area (Å²) in [5.41, 5.74) is 0. The maximum Gasteiger partial charge on any atom is 0.0635 e. The van der Waals surface area contributed by atoms with Crippen LogP contribution in [0.3, 0.4) is 0 Å². The molecule has 1 rings (SSSR count). The molecule has 1 heterocycles. The Balaban J connectivity index is 2.18. The third-order valence-corrected chi connectivity index (χ3v) is 2.19. The summed E-state index contributed by atoms with van der Waals surface area (Å²) in [5, 5.41) is 1.92. The minimum atomic E-state index is 0.462. The molecule has 66 valence electrons. The van der Waals surface area contributed by atoms with Gasteiger partial charge in [0.05, 0.1) is 6.61 Å². The summed E-state index contributed by atoms with van der Waals surface area (Å²) in [6.07, 6.45) is 3.72. The maximum absolute atomic E-state index is 5.77. The molecule has 3 heteroatoms. The van der Waals surface area contributed by atoms with Crippen LogP contribution in [0.15, 0.2) is 0 Å². The van der Waals surface area contributed by atoms with Crippen molar-refractivity contribution in [2.75, 3.05) is 19.8 Å². The molecule has 2 N–H and O–H groups in total. The number of hydrogen-bond donors (Lipinski definition) is 1. The zero-order chi connectivity index (χ0) is 8.10. The highest BCUT2D eigenvalue weighted by Crippen LogP contribution is 2.13. The van der Waals surface area contributed by atoms with Crippen molar-refractivity contribution in [2.45, 2.75) is 32.2 Å². The lowest BCUT2D eigenvalue weighted by Gasteiger charge is -2.31. The molecule has 1 aliphatic rings. The quantitative estimate of drug-likeness (QED) is 0.616. The van der Waals surface area contributed by atoms with E-state index in [1.165, 1.54) is 19.3 Å². The molecule has 0 aromatic rings. The highest BCUT2D eigenvalue weighted by atomic mass is 16.5. The van der Waals surface area contributed by atoms with Gasteiger partial charge in [0.1, 0.15) is 0 Å². The summed E-state index contributed by atoms with van der Waals surface area (Å²) < 4.78 is 5.32. The topological polar surface area (TPSA) is 38.5 Å². The van der Waals surface area contributed by atoms with E-state index < -0.39 is 0 Å². The normalized spacial score (nSPS) is 27.3. The van der Waals surface area contributed by atoms with E-state index in [2.05, 4.69) is 0 Å². The predicted molar refractivity (Wildman–Crippen MR) is 45.0 cm³/mol. The van der Waals surface area contributed by atoms with Crippen LogP contribution in [0.1, 0.15) is 26.2 Å². The Bertz CT molecular complexity index is 108. The second-order valence-corrected chi connectivity index (χ2v) is 3.05. The molecular formula is C8H18N2O. The third-order valence-electron chi connectivity index (χ3n) is 2.19. The van der Waals surface area contributed by atoms with Crippen molar-refractivity contribution in [1.29, 1.82) is 0 Å². The first kappa shape index (κ1) is 8.97. The summed E-state index contributed by atoms with van der Waals surface area (Å²) in [6, 6.07) is 0.462. The summed E-state index contributed by atoms with van der Waals surface area (Å²) in [7, 11) is 0. The van der Waals surface area contributed by atoms with E-state index >= 15 is 0 Å². The van der Waals surface area contributed by atoms with E-state index in [0.29, 0.717) is 6.04 Å². The smallest absolute Gasteiger partial charge is 0.0635 e. The zero-order valence-electron chi connectivity index (χ0n) is 7.25. The molecule has 0 radical (unpaired) electrons. The van der Waals surface area contributed by atoms with Crippen LogP contribution in [0.2, 0.25) is 0 Å². The predicted octanol–water partition coefficient (Wildman–Crippen LogP) is 0.751. The molecule has 0 spiro atoms. The number of ether oxygens (including phenoxy) is 1. The van der Waals surface area contributed by atoms with Crippen molar-refractivity contribution in [2.24, 2.45) is 5.84 Å². The lowest BCUT2D eigenvalue weighted by atomic mass is 10.1. The Morgan fingerprint density at radius 2 is 2.36 bits per heavy atom. The molecule has 0 bridgehead atoms. The molecule has 1 fully saturated rings. The highest BCUT2D eigenvalue weighted by molar-refractivity contribution is 4.71. The molecular weight excluding hydrogens is 140 g/mol. The number of rotatable bonds is 3. The first-order valence-electron chi connectivity index (χ1n) is 4.43. The monoisotopic (exact) mass is 158 g/mol. The fraction of sp³-hybridized carbons (Fsp3) is 1.00. The molecule has 1 aliphatic heterocycles. The number of piperidine rings is 1. The second-order valence-electron chi connectivity index (χ2n) is 3.05. The van der Waals surface area contributed by atoms with Crippen LogP contribution in [0.4, 0.5) is 0 Å². The van der Waals surface area contributed by atoms with E-state index in [1.807, 2.05) is 11.9 Å². The van der Waals surface area contributed by atoms with Gasteiger partial charge in [-0.15, -0.1) is 0 Å². The number of hydrazine groups is 1. The molecule has 0 unspecified atom stereocenters. The van der Waals surface area contributed by atoms with Crippen molar-refractivity contribution in [1.82, 2.24) is 5.01 Å². The third kappa shape index (κ3) is 2.77. The minimum absolute atomic E-state index is 0.462. The van der Waals surface area contributed by atoms with Gasteiger partial charge in [0.15, 0.2) is 0 Å². The summed E-state index contributed by atoms with van der Waals surface area (Å²) in [4.78, 5) is 0. The van der Waals surface area contributed by atoms with Crippen molar-refractivity contribution < 1.29 is 4.74 Å². The average molecular weight is 158 g/mol. The zero-order valence-corrected chi connectivity index (χ0v) is 7.25. The molecule has 0 aliphatic carbocycles. The Kier molecular flexibility index (Phi) is 3.83. The van der Waals surface area contributed by atoms with Crippen molar-refractivity contribution in [3.05, 3.63) is 0 Å². The van der Waals surface area contributed by atoms with Crippen LogP contribution in [-0.2, 0) is 4.74 Å². The molecule has 0 aromatic carbocycles. The lowest BCUT2D eigenvalue weighted by molar-refractivity contribution is 0.0455. The Morgan fingerprint density at radius 3 is 3.00 bits per heavy atom. The van der Waals surface area contributed by atoms with E-state index in [9.17, 15) is 0 Å². The maximum atomic E-state index is 5.77. The highest BCUT2D eigenvalue weighted by Gasteiger charge is 2.18. The van der Waals surface area contributed by atoms with E-state index in [4.69, 9.17) is 10.6 Å². The van der Waals surface area contributed by atoms with E-state index in [1.54, 1.807) is 0 Å². The van der Waals surface area contributed by atoms with Crippen LogP contribution in [0.5, 0.6) is 0 Å². The summed E-state index contributed by atoms with van der Waals surface area (Å²) >= 11 is 0. The molecule has 1 saturated heterocycles. The van der Waals surface area contributed by atoms with Crippen LogP contribution in [0.25, 0.3) is 0 Å². The SMILES string of the molecule is CCOC[C@H]1CCCCN1N. The van der Waals surface area contributed by atoms with Gasteiger partial charge in [-0.05, 0) is 19.8 Å². The van der Waals surface area contributed by atoms with Crippen LogP contribution in [0, 0.1) is 0 Å². The van der Waals surface area contributed by atoms with Crippen LogP contribution in [-0.4, -0.2) is 30.8 Å². The minimum Gasteiger partial charge on any atom is -0.380 e. The molecule has 11 heavy (non-hydrogen) atoms. The first-order chi connectivity index (χ1) is 5.34. The molecule has 1 atom stereocenters. The van der Waals surface area contributed by atoms with Gasteiger partial charge in [-0.25, -0.2) is 5.01 Å². The number of nitrogens with two attached hydrogens (primary N) is 1.